The first-order valence-electron chi connectivity index (χ1n) is 13.7. The van der Waals surface area contributed by atoms with Crippen molar-refractivity contribution in [1.29, 1.82) is 5.26 Å². The van der Waals surface area contributed by atoms with E-state index in [4.69, 9.17) is 4.98 Å². The Bertz CT molecular complexity index is 2330. The molecule has 4 heteroatoms. The van der Waals surface area contributed by atoms with Crippen LogP contribution in [0.1, 0.15) is 12.5 Å². The summed E-state index contributed by atoms with van der Waals surface area (Å²) < 4.78 is 1.73. The van der Waals surface area contributed by atoms with E-state index in [0.717, 1.165) is 60.6 Å². The lowest BCUT2D eigenvalue weighted by Crippen LogP contribution is -2.20. The molecule has 0 fully saturated rings. The van der Waals surface area contributed by atoms with Crippen molar-refractivity contribution in [1.82, 2.24) is 9.38 Å². The smallest absolute Gasteiger partial charge is 0.264 e. The maximum absolute atomic E-state index is 14.4. The van der Waals surface area contributed by atoms with E-state index in [1.807, 2.05) is 79.7 Å². The van der Waals surface area contributed by atoms with E-state index in [9.17, 15) is 10.1 Å². The van der Waals surface area contributed by atoms with Gasteiger partial charge >= 0.3 is 0 Å². The Morgan fingerprint density at radius 2 is 1.34 bits per heavy atom. The molecule has 0 N–H and O–H groups in total. The minimum Gasteiger partial charge on any atom is -0.268 e. The summed E-state index contributed by atoms with van der Waals surface area (Å²) in [6, 6.07) is 41.1. The summed E-state index contributed by atoms with van der Waals surface area (Å²) in [5, 5.41) is 12.9. The second-order valence-corrected chi connectivity index (χ2v) is 10.8. The van der Waals surface area contributed by atoms with Gasteiger partial charge in [-0.25, -0.2) is 4.98 Å². The van der Waals surface area contributed by atoms with Gasteiger partial charge in [-0.05, 0) is 58.2 Å². The highest BCUT2D eigenvalue weighted by molar-refractivity contribution is 6.05. The molecule has 41 heavy (non-hydrogen) atoms. The molecule has 2 heterocycles. The van der Waals surface area contributed by atoms with Crippen LogP contribution in [0.3, 0.4) is 0 Å². The van der Waals surface area contributed by atoms with Crippen molar-refractivity contribution in [3.63, 3.8) is 0 Å². The van der Waals surface area contributed by atoms with Gasteiger partial charge in [0.1, 0.15) is 11.1 Å². The number of pyridine rings is 1. The van der Waals surface area contributed by atoms with E-state index in [-0.39, 0.29) is 5.56 Å². The predicted octanol–water partition coefficient (Wildman–Crippen LogP) is 7.30. The summed E-state index contributed by atoms with van der Waals surface area (Å²) in [4.78, 5) is 19.5. The number of nitrogens with zero attached hydrogens (tertiary/aromatic N) is 3. The molecule has 0 aliphatic heterocycles. The van der Waals surface area contributed by atoms with Crippen molar-refractivity contribution in [3.8, 4) is 39.4 Å². The number of hydrogen-bond donors (Lipinski definition) is 0. The van der Waals surface area contributed by atoms with E-state index >= 15 is 0 Å². The molecule has 5 aromatic carbocycles. The molecule has 0 bridgehead atoms. The van der Waals surface area contributed by atoms with Gasteiger partial charge in [0.15, 0.2) is 0 Å². The summed E-state index contributed by atoms with van der Waals surface area (Å²) in [5.41, 5.74) is 7.85. The first-order valence-corrected chi connectivity index (χ1v) is 13.7. The van der Waals surface area contributed by atoms with E-state index in [2.05, 4.69) is 54.6 Å². The van der Waals surface area contributed by atoms with Gasteiger partial charge in [-0.15, -0.1) is 0 Å². The average Bonchev–Trinajstić information content (AvgIpc) is 3.56. The quantitative estimate of drug-likeness (QED) is 0.243. The van der Waals surface area contributed by atoms with E-state index in [1.165, 1.54) is 0 Å². The Kier molecular flexibility index (Phi) is 4.83. The monoisotopic (exact) mass is 525 g/mol. The fourth-order valence-electron chi connectivity index (χ4n) is 6.45. The van der Waals surface area contributed by atoms with Crippen LogP contribution in [0.4, 0.5) is 0 Å². The topological polar surface area (TPSA) is 58.2 Å². The number of imidazole rings is 1. The van der Waals surface area contributed by atoms with Crippen LogP contribution in [0.5, 0.6) is 0 Å². The maximum Gasteiger partial charge on any atom is 0.264 e. The number of hydrogen-bond acceptors (Lipinski definition) is 3. The van der Waals surface area contributed by atoms with Crippen molar-refractivity contribution in [2.75, 3.05) is 0 Å². The third-order valence-corrected chi connectivity index (χ3v) is 8.37. The fourth-order valence-corrected chi connectivity index (χ4v) is 6.45. The SMILES string of the molecule is CC1(C#N)C=c2c(-c3ccccc3)ccc3c(=O)n4c(nc5c(-c6ccccc6)cc(-c6ccccc6)cc54)c1c23. The van der Waals surface area contributed by atoms with Crippen LogP contribution in [0, 0.1) is 11.3 Å². The van der Waals surface area contributed by atoms with Crippen LogP contribution in [-0.4, -0.2) is 9.38 Å². The summed E-state index contributed by atoms with van der Waals surface area (Å²) in [6.07, 6.45) is 2.01. The molecule has 1 aliphatic rings. The van der Waals surface area contributed by atoms with Crippen molar-refractivity contribution in [3.05, 3.63) is 136 Å². The molecule has 1 unspecified atom stereocenters. The Morgan fingerprint density at radius 3 is 1.98 bits per heavy atom. The molecule has 8 rings (SSSR count). The van der Waals surface area contributed by atoms with Gasteiger partial charge in [0.05, 0.1) is 17.1 Å². The molecule has 4 nitrogen and oxygen atoms in total. The van der Waals surface area contributed by atoms with Crippen LogP contribution in [-0.2, 0) is 5.41 Å². The lowest BCUT2D eigenvalue weighted by molar-refractivity contribution is 0.840. The van der Waals surface area contributed by atoms with Gasteiger partial charge in [0.2, 0.25) is 0 Å². The van der Waals surface area contributed by atoms with Gasteiger partial charge in [-0.2, -0.15) is 5.26 Å². The number of fused-ring (bicyclic) bond motifs is 4. The summed E-state index contributed by atoms with van der Waals surface area (Å²) in [5.74, 6) is 0. The molecule has 192 valence electrons. The second-order valence-electron chi connectivity index (χ2n) is 10.8. The lowest BCUT2D eigenvalue weighted by Gasteiger charge is -2.15. The maximum atomic E-state index is 14.4. The van der Waals surface area contributed by atoms with Crippen molar-refractivity contribution < 1.29 is 0 Å². The van der Waals surface area contributed by atoms with Crippen molar-refractivity contribution in [2.24, 2.45) is 0 Å². The van der Waals surface area contributed by atoms with Gasteiger partial charge in [-0.3, -0.25) is 9.20 Å². The highest BCUT2D eigenvalue weighted by atomic mass is 16.1. The molecule has 1 aliphatic carbocycles. The van der Waals surface area contributed by atoms with Gasteiger partial charge in [-0.1, -0.05) is 103 Å². The normalized spacial score (nSPS) is 15.8. The fraction of sp³-hybridized carbons (Fsp3) is 0.0541. The summed E-state index contributed by atoms with van der Waals surface area (Å²) in [6.45, 7) is 1.92. The van der Waals surface area contributed by atoms with E-state index in [0.29, 0.717) is 11.0 Å². The van der Waals surface area contributed by atoms with Crippen LogP contribution < -0.4 is 10.8 Å². The van der Waals surface area contributed by atoms with Gasteiger partial charge < -0.3 is 0 Å². The van der Waals surface area contributed by atoms with Crippen LogP contribution in [0.15, 0.2) is 120 Å². The van der Waals surface area contributed by atoms with Crippen LogP contribution in [0.25, 0.3) is 66.9 Å². The Labute approximate surface area is 236 Å². The highest BCUT2D eigenvalue weighted by Gasteiger charge is 2.37. The number of benzene rings is 5. The molecule has 0 spiro atoms. The van der Waals surface area contributed by atoms with E-state index in [1.54, 1.807) is 4.40 Å². The molecular weight excluding hydrogens is 502 g/mol. The number of nitriles is 1. The zero-order valence-corrected chi connectivity index (χ0v) is 22.3. The summed E-state index contributed by atoms with van der Waals surface area (Å²) in [7, 11) is 0. The van der Waals surface area contributed by atoms with Gasteiger partial charge in [0, 0.05) is 21.9 Å². The highest BCUT2D eigenvalue weighted by Crippen LogP contribution is 2.41. The molecule has 0 saturated carbocycles. The predicted molar refractivity (Wildman–Crippen MR) is 165 cm³/mol. The zero-order valence-electron chi connectivity index (χ0n) is 22.3. The van der Waals surface area contributed by atoms with E-state index < -0.39 is 5.41 Å². The molecule has 1 atom stereocenters. The zero-order chi connectivity index (χ0) is 27.7. The number of aromatic nitrogens is 2. The molecular formula is C37H23N3O. The second kappa shape index (κ2) is 8.48. The largest absolute Gasteiger partial charge is 0.268 e. The Hall–Kier alpha value is -5.53. The summed E-state index contributed by atoms with van der Waals surface area (Å²) >= 11 is 0. The van der Waals surface area contributed by atoms with Gasteiger partial charge in [0.25, 0.3) is 5.56 Å². The third-order valence-electron chi connectivity index (χ3n) is 8.37. The van der Waals surface area contributed by atoms with Crippen molar-refractivity contribution in [2.45, 2.75) is 12.3 Å². The Morgan fingerprint density at radius 1 is 0.732 bits per heavy atom. The lowest BCUT2D eigenvalue weighted by atomic mass is 9.86. The van der Waals surface area contributed by atoms with Crippen LogP contribution in [0.2, 0.25) is 0 Å². The Balaban J connectivity index is 1.57. The number of rotatable bonds is 3. The van der Waals surface area contributed by atoms with Crippen LogP contribution >= 0.6 is 0 Å². The average molecular weight is 526 g/mol. The first-order chi connectivity index (χ1) is 20.1. The standard InChI is InChI=1S/C37H23N3O/c1-37(22-38)21-30-27(24-13-7-3-8-14-24)17-18-28-32(30)33(37)35-39-34-29(25-15-9-4-10-16-25)19-26(23-11-5-2-6-12-23)20-31(34)40(35)36(28)41/h2-21H,1H3. The molecule has 0 saturated heterocycles. The molecule has 2 aromatic heterocycles. The molecule has 7 aromatic rings. The molecule has 0 amide bonds. The molecule has 0 radical (unpaired) electrons. The first kappa shape index (κ1) is 23.4. The third kappa shape index (κ3) is 3.27. The minimum absolute atomic E-state index is 0.123. The minimum atomic E-state index is -0.947. The van der Waals surface area contributed by atoms with Crippen molar-refractivity contribution >= 4 is 33.5 Å².